The van der Waals surface area contributed by atoms with Crippen LogP contribution in [0, 0.1) is 11.8 Å². The van der Waals surface area contributed by atoms with E-state index in [9.17, 15) is 4.79 Å². The first kappa shape index (κ1) is 14.7. The monoisotopic (exact) mass is 281 g/mol. The molecule has 0 spiro atoms. The van der Waals surface area contributed by atoms with E-state index in [1.54, 1.807) is 30.9 Å². The van der Waals surface area contributed by atoms with Crippen LogP contribution in [0.15, 0.2) is 43.0 Å². The lowest BCUT2D eigenvalue weighted by Crippen LogP contribution is -2.23. The van der Waals surface area contributed by atoms with Gasteiger partial charge in [0.1, 0.15) is 0 Å². The third kappa shape index (κ3) is 4.41. The van der Waals surface area contributed by atoms with E-state index in [0.29, 0.717) is 24.1 Å². The molecule has 0 atom stereocenters. The van der Waals surface area contributed by atoms with Gasteiger partial charge in [-0.15, -0.1) is 0 Å². The minimum atomic E-state index is -0.206. The summed E-state index contributed by atoms with van der Waals surface area (Å²) in [6, 6.07) is 5.31. The molecule has 0 aliphatic heterocycles. The highest BCUT2D eigenvalue weighted by Crippen LogP contribution is 2.06. The Morgan fingerprint density at radius 3 is 2.71 bits per heavy atom. The van der Waals surface area contributed by atoms with E-state index < -0.39 is 0 Å². The first-order valence-corrected chi connectivity index (χ1v) is 6.52. The summed E-state index contributed by atoms with van der Waals surface area (Å²) < 4.78 is 0. The van der Waals surface area contributed by atoms with Gasteiger partial charge in [0.2, 0.25) is 0 Å². The fourth-order valence-electron chi connectivity index (χ4n) is 1.68. The first-order valence-electron chi connectivity index (χ1n) is 6.52. The summed E-state index contributed by atoms with van der Waals surface area (Å²) >= 11 is 0. The molecule has 0 aliphatic carbocycles. The Morgan fingerprint density at radius 2 is 1.95 bits per heavy atom. The molecule has 0 saturated carbocycles. The predicted molar refractivity (Wildman–Crippen MR) is 78.2 cm³/mol. The van der Waals surface area contributed by atoms with Crippen LogP contribution in [-0.4, -0.2) is 27.6 Å². The zero-order valence-electron chi connectivity index (χ0n) is 11.4. The fourth-order valence-corrected chi connectivity index (χ4v) is 1.68. The summed E-state index contributed by atoms with van der Waals surface area (Å²) in [5, 5.41) is 11.6. The van der Waals surface area contributed by atoms with Gasteiger partial charge in [-0.1, -0.05) is 11.8 Å². The van der Waals surface area contributed by atoms with Crippen molar-refractivity contribution in [1.82, 2.24) is 15.3 Å². The number of aromatic nitrogens is 2. The highest BCUT2D eigenvalue weighted by molar-refractivity contribution is 5.96. The summed E-state index contributed by atoms with van der Waals surface area (Å²) in [6.45, 7) is 0.421. The molecule has 0 fully saturated rings. The first-order chi connectivity index (χ1) is 10.3. The second kappa shape index (κ2) is 7.78. The third-order valence-corrected chi connectivity index (χ3v) is 2.73. The molecule has 5 nitrogen and oxygen atoms in total. The van der Waals surface area contributed by atoms with E-state index in [0.717, 1.165) is 5.56 Å². The van der Waals surface area contributed by atoms with Crippen LogP contribution in [0.25, 0.3) is 0 Å². The van der Waals surface area contributed by atoms with Gasteiger partial charge in [-0.2, -0.15) is 0 Å². The smallest absolute Gasteiger partial charge is 0.252 e. The molecule has 0 saturated heterocycles. The van der Waals surface area contributed by atoms with Gasteiger partial charge in [0.05, 0.1) is 17.7 Å². The van der Waals surface area contributed by atoms with Crippen molar-refractivity contribution in [2.45, 2.75) is 13.0 Å². The largest absolute Gasteiger partial charge is 0.395 e. The number of nitrogens with one attached hydrogen (secondary N) is 1. The van der Waals surface area contributed by atoms with Crippen LogP contribution in [0.5, 0.6) is 0 Å². The van der Waals surface area contributed by atoms with Gasteiger partial charge in [-0.05, 0) is 23.8 Å². The number of amides is 1. The number of aliphatic hydroxyl groups is 1. The number of hydrogen-bond donors (Lipinski definition) is 2. The van der Waals surface area contributed by atoms with Crippen molar-refractivity contribution in [3.05, 3.63) is 59.7 Å². The van der Waals surface area contributed by atoms with Gasteiger partial charge < -0.3 is 10.4 Å². The molecule has 5 heteroatoms. The van der Waals surface area contributed by atoms with Crippen molar-refractivity contribution < 1.29 is 9.90 Å². The fraction of sp³-hybridized carbons (Fsp3) is 0.188. The number of pyridine rings is 2. The molecule has 0 aromatic carbocycles. The molecule has 106 valence electrons. The molecule has 0 aliphatic rings. The lowest BCUT2D eigenvalue weighted by atomic mass is 10.1. The van der Waals surface area contributed by atoms with Gasteiger partial charge in [0.15, 0.2) is 0 Å². The lowest BCUT2D eigenvalue weighted by Gasteiger charge is -2.06. The molecule has 2 N–H and O–H groups in total. The lowest BCUT2D eigenvalue weighted by molar-refractivity contribution is 0.0950. The van der Waals surface area contributed by atoms with E-state index in [4.69, 9.17) is 5.11 Å². The molecule has 1 amide bonds. The van der Waals surface area contributed by atoms with Crippen molar-refractivity contribution in [1.29, 1.82) is 0 Å². The predicted octanol–water partition coefficient (Wildman–Crippen LogP) is 1.14. The van der Waals surface area contributed by atoms with Gasteiger partial charge in [-0.25, -0.2) is 0 Å². The zero-order chi connectivity index (χ0) is 14.9. The van der Waals surface area contributed by atoms with Gasteiger partial charge in [0, 0.05) is 37.8 Å². The van der Waals surface area contributed by atoms with Gasteiger partial charge in [-0.3, -0.25) is 14.8 Å². The number of aliphatic hydroxyl groups excluding tert-OH is 1. The van der Waals surface area contributed by atoms with E-state index >= 15 is 0 Å². The molecule has 21 heavy (non-hydrogen) atoms. The van der Waals surface area contributed by atoms with Crippen LogP contribution in [0.2, 0.25) is 0 Å². The summed E-state index contributed by atoms with van der Waals surface area (Å²) in [7, 11) is 0. The van der Waals surface area contributed by atoms with E-state index in [2.05, 4.69) is 27.1 Å². The Kier molecular flexibility index (Phi) is 5.44. The molecule has 2 aromatic rings. The standard InChI is InChI=1S/C16H15N3O2/c20-10-2-1-3-14-12-18-9-6-15(14)16(21)19-11-13-4-7-17-8-5-13/h4-9,12,20H,2,10-11H2,(H,19,21). The van der Waals surface area contributed by atoms with Crippen molar-refractivity contribution >= 4 is 5.91 Å². The SMILES string of the molecule is O=C(NCc1ccncc1)c1ccncc1C#CCCO. The van der Waals surface area contributed by atoms with Crippen molar-refractivity contribution in [2.75, 3.05) is 6.61 Å². The minimum absolute atomic E-state index is 0.00314. The molecule has 2 aromatic heterocycles. The van der Waals surface area contributed by atoms with Crippen LogP contribution in [0.4, 0.5) is 0 Å². The Morgan fingerprint density at radius 1 is 1.19 bits per heavy atom. The normalized spacial score (nSPS) is 9.57. The molecule has 0 radical (unpaired) electrons. The van der Waals surface area contributed by atoms with Crippen molar-refractivity contribution in [3.8, 4) is 11.8 Å². The second-order valence-corrected chi connectivity index (χ2v) is 4.23. The molecule has 2 rings (SSSR count). The minimum Gasteiger partial charge on any atom is -0.395 e. The van der Waals surface area contributed by atoms with Crippen LogP contribution in [0.3, 0.4) is 0 Å². The average Bonchev–Trinajstić information content (AvgIpc) is 2.54. The Labute approximate surface area is 123 Å². The van der Waals surface area contributed by atoms with Crippen LogP contribution in [0.1, 0.15) is 27.9 Å². The highest BCUT2D eigenvalue weighted by atomic mass is 16.2. The summed E-state index contributed by atoms with van der Waals surface area (Å²) in [4.78, 5) is 20.1. The Balaban J connectivity index is 2.07. The van der Waals surface area contributed by atoms with E-state index in [-0.39, 0.29) is 12.5 Å². The second-order valence-electron chi connectivity index (χ2n) is 4.23. The van der Waals surface area contributed by atoms with Crippen LogP contribution in [-0.2, 0) is 6.54 Å². The molecule has 0 bridgehead atoms. The van der Waals surface area contributed by atoms with Gasteiger partial charge >= 0.3 is 0 Å². The van der Waals surface area contributed by atoms with E-state index in [1.165, 1.54) is 0 Å². The maximum absolute atomic E-state index is 12.2. The average molecular weight is 281 g/mol. The summed E-state index contributed by atoms with van der Waals surface area (Å²) in [5.41, 5.74) is 2.00. The van der Waals surface area contributed by atoms with Crippen LogP contribution < -0.4 is 5.32 Å². The Bertz CT molecular complexity index is 660. The molecule has 2 heterocycles. The van der Waals surface area contributed by atoms with E-state index in [1.807, 2.05) is 12.1 Å². The van der Waals surface area contributed by atoms with Crippen molar-refractivity contribution in [3.63, 3.8) is 0 Å². The highest BCUT2D eigenvalue weighted by Gasteiger charge is 2.09. The van der Waals surface area contributed by atoms with Crippen molar-refractivity contribution in [2.24, 2.45) is 0 Å². The third-order valence-electron chi connectivity index (χ3n) is 2.73. The molecular formula is C16H15N3O2. The molecule has 0 unspecified atom stereocenters. The number of hydrogen-bond acceptors (Lipinski definition) is 4. The summed E-state index contributed by atoms with van der Waals surface area (Å²) in [5.74, 6) is 5.44. The quantitative estimate of drug-likeness (QED) is 0.824. The number of nitrogens with zero attached hydrogens (tertiary/aromatic N) is 2. The number of carbonyl (C=O) groups is 1. The number of carbonyl (C=O) groups excluding carboxylic acids is 1. The number of rotatable bonds is 4. The maximum Gasteiger partial charge on any atom is 0.252 e. The summed E-state index contributed by atoms with van der Waals surface area (Å²) in [6.07, 6.45) is 6.83. The zero-order valence-corrected chi connectivity index (χ0v) is 11.4. The van der Waals surface area contributed by atoms with Crippen LogP contribution >= 0.6 is 0 Å². The maximum atomic E-state index is 12.2. The molecular weight excluding hydrogens is 266 g/mol. The Hall–Kier alpha value is -2.71. The van der Waals surface area contributed by atoms with Gasteiger partial charge in [0.25, 0.3) is 5.91 Å². The topological polar surface area (TPSA) is 75.1 Å².